The van der Waals surface area contributed by atoms with Crippen LogP contribution in [0.15, 0.2) is 0 Å². The number of hydrogen-bond acceptors (Lipinski definition) is 4. The number of Topliss-reactive ketones (excluding diaryl/α,β-unsaturated/α-hetero) is 1. The average molecular weight is 463 g/mol. The highest BCUT2D eigenvalue weighted by molar-refractivity contribution is 5.84. The molecule has 0 radical (unpaired) electrons. The van der Waals surface area contributed by atoms with E-state index in [1.807, 2.05) is 6.92 Å². The third kappa shape index (κ3) is 3.70. The normalized spacial score (nSPS) is 45.4. The van der Waals surface area contributed by atoms with Gasteiger partial charge in [-0.2, -0.15) is 0 Å². The number of carboxylic acids is 3. The zero-order valence-electron chi connectivity index (χ0n) is 20.0. The Morgan fingerprint density at radius 1 is 1.00 bits per heavy atom. The largest absolute Gasteiger partial charge is 0.481 e. The van der Waals surface area contributed by atoms with Crippen molar-refractivity contribution in [2.75, 3.05) is 0 Å². The number of carbonyl (C=O) groups is 4. The molecule has 0 aromatic rings. The third-order valence-electron chi connectivity index (χ3n) is 10.8. The maximum Gasteiger partial charge on any atom is 0.307 e. The number of hydrogen-bond donors (Lipinski definition) is 3. The molecule has 0 spiro atoms. The van der Waals surface area contributed by atoms with Crippen LogP contribution in [0.5, 0.6) is 0 Å². The molecule has 10 unspecified atom stereocenters. The maximum atomic E-state index is 13.6. The molecule has 0 aliphatic heterocycles. The molecule has 4 fully saturated rings. The second-order valence-corrected chi connectivity index (χ2v) is 12.0. The fourth-order valence-electron chi connectivity index (χ4n) is 9.05. The fourth-order valence-corrected chi connectivity index (χ4v) is 9.05. The Morgan fingerprint density at radius 2 is 1.70 bits per heavy atom. The number of ketones is 1. The minimum absolute atomic E-state index is 0.00268. The van der Waals surface area contributed by atoms with Crippen molar-refractivity contribution in [3.63, 3.8) is 0 Å². The smallest absolute Gasteiger partial charge is 0.307 e. The molecule has 4 rings (SSSR count). The van der Waals surface area contributed by atoms with E-state index in [9.17, 15) is 29.4 Å². The van der Waals surface area contributed by atoms with Gasteiger partial charge in [0, 0.05) is 18.8 Å². The Morgan fingerprint density at radius 3 is 2.30 bits per heavy atom. The van der Waals surface area contributed by atoms with Gasteiger partial charge in [0.15, 0.2) is 0 Å². The van der Waals surface area contributed by atoms with Crippen LogP contribution in [0.25, 0.3) is 0 Å². The Kier molecular flexibility index (Phi) is 6.15. The summed E-state index contributed by atoms with van der Waals surface area (Å²) in [5.74, 6) is -3.22. The van der Waals surface area contributed by atoms with Gasteiger partial charge in [0.05, 0.1) is 11.8 Å². The second-order valence-electron chi connectivity index (χ2n) is 12.0. The van der Waals surface area contributed by atoms with Crippen LogP contribution in [0.3, 0.4) is 0 Å². The second kappa shape index (κ2) is 8.38. The lowest BCUT2D eigenvalue weighted by atomic mass is 9.41. The molecule has 184 valence electrons. The first-order chi connectivity index (χ1) is 15.4. The number of carboxylic acid groups (broad SMARTS) is 3. The lowest BCUT2D eigenvalue weighted by Gasteiger charge is -2.61. The molecule has 7 heteroatoms. The van der Waals surface area contributed by atoms with E-state index in [0.717, 1.165) is 19.3 Å². The molecule has 3 N–H and O–H groups in total. The van der Waals surface area contributed by atoms with Crippen LogP contribution in [0.2, 0.25) is 0 Å². The summed E-state index contributed by atoms with van der Waals surface area (Å²) in [5, 5.41) is 29.1. The number of aliphatic carboxylic acids is 3. The van der Waals surface area contributed by atoms with Crippen LogP contribution in [0.4, 0.5) is 0 Å². The van der Waals surface area contributed by atoms with Crippen molar-refractivity contribution >= 4 is 23.7 Å². The summed E-state index contributed by atoms with van der Waals surface area (Å²) in [5.41, 5.74) is -0.728. The molecule has 33 heavy (non-hydrogen) atoms. The van der Waals surface area contributed by atoms with E-state index in [1.54, 1.807) is 0 Å². The van der Waals surface area contributed by atoms with Crippen LogP contribution in [0.1, 0.15) is 78.6 Å². The molecule has 4 aliphatic rings. The first kappa shape index (κ1) is 24.2. The van der Waals surface area contributed by atoms with Gasteiger partial charge in [-0.05, 0) is 85.4 Å². The minimum atomic E-state index is -0.835. The minimum Gasteiger partial charge on any atom is -0.481 e. The summed E-state index contributed by atoms with van der Waals surface area (Å²) < 4.78 is 0. The molecule has 0 saturated heterocycles. The first-order valence-electron chi connectivity index (χ1n) is 12.6. The van der Waals surface area contributed by atoms with Crippen molar-refractivity contribution in [3.05, 3.63) is 0 Å². The maximum absolute atomic E-state index is 13.6. The molecule has 0 heterocycles. The molecular weight excluding hydrogens is 424 g/mol. The van der Waals surface area contributed by atoms with Gasteiger partial charge in [0.1, 0.15) is 5.78 Å². The van der Waals surface area contributed by atoms with E-state index in [-0.39, 0.29) is 53.1 Å². The van der Waals surface area contributed by atoms with Gasteiger partial charge in [-0.1, -0.05) is 20.8 Å². The standard InChI is InChI=1S/C26H38O7/c1-13(4-7-21(28)29)16-5-6-17-22-18(12-19(24(32)33)26(16,17)3)25(2)9-8-14(23(30)31)10-15(25)11-20(22)27/h13-19,22H,4-12H2,1-3H3,(H,28,29)(H,30,31)(H,32,33). The van der Waals surface area contributed by atoms with Crippen molar-refractivity contribution in [2.24, 2.45) is 58.2 Å². The van der Waals surface area contributed by atoms with Crippen molar-refractivity contribution in [3.8, 4) is 0 Å². The summed E-state index contributed by atoms with van der Waals surface area (Å²) >= 11 is 0. The molecular formula is C26H38O7. The SMILES string of the molecule is CC(CCC(=O)O)C1CCC2C3C(=O)CC4CC(C(=O)O)CCC4(C)C3CC(C(=O)O)C12C. The van der Waals surface area contributed by atoms with Crippen LogP contribution in [0, 0.1) is 58.2 Å². The van der Waals surface area contributed by atoms with Crippen molar-refractivity contribution in [1.82, 2.24) is 0 Å². The van der Waals surface area contributed by atoms with Crippen molar-refractivity contribution in [2.45, 2.75) is 78.6 Å². The lowest BCUT2D eigenvalue weighted by Crippen LogP contribution is -2.61. The van der Waals surface area contributed by atoms with E-state index < -0.39 is 35.2 Å². The zero-order valence-corrected chi connectivity index (χ0v) is 20.0. The summed E-state index contributed by atoms with van der Waals surface area (Å²) in [4.78, 5) is 49.0. The van der Waals surface area contributed by atoms with E-state index in [1.165, 1.54) is 0 Å². The van der Waals surface area contributed by atoms with Gasteiger partial charge < -0.3 is 15.3 Å². The number of fused-ring (bicyclic) bond motifs is 5. The molecule has 0 aromatic heterocycles. The van der Waals surface area contributed by atoms with Gasteiger partial charge in [-0.3, -0.25) is 19.2 Å². The van der Waals surface area contributed by atoms with Crippen molar-refractivity contribution < 1.29 is 34.5 Å². The Labute approximate surface area is 195 Å². The highest BCUT2D eigenvalue weighted by Gasteiger charge is 2.67. The number of carbonyl (C=O) groups excluding carboxylic acids is 1. The summed E-state index contributed by atoms with van der Waals surface area (Å²) in [6.45, 7) is 6.29. The van der Waals surface area contributed by atoms with E-state index in [2.05, 4.69) is 13.8 Å². The monoisotopic (exact) mass is 462 g/mol. The molecule has 0 amide bonds. The Hall–Kier alpha value is -1.92. The predicted molar refractivity (Wildman–Crippen MR) is 119 cm³/mol. The summed E-state index contributed by atoms with van der Waals surface area (Å²) in [6, 6.07) is 0. The van der Waals surface area contributed by atoms with Crippen LogP contribution >= 0.6 is 0 Å². The third-order valence-corrected chi connectivity index (χ3v) is 10.8. The Balaban J connectivity index is 1.67. The Bertz CT molecular complexity index is 852. The molecule has 0 aromatic carbocycles. The molecule has 4 aliphatic carbocycles. The van der Waals surface area contributed by atoms with Crippen LogP contribution in [-0.2, 0) is 19.2 Å². The summed E-state index contributed by atoms with van der Waals surface area (Å²) in [6.07, 6.45) is 4.95. The van der Waals surface area contributed by atoms with E-state index >= 15 is 0 Å². The average Bonchev–Trinajstić information content (AvgIpc) is 3.09. The lowest BCUT2D eigenvalue weighted by molar-refractivity contribution is -0.182. The predicted octanol–water partition coefficient (Wildman–Crippen LogP) is 4.34. The quantitative estimate of drug-likeness (QED) is 0.535. The highest BCUT2D eigenvalue weighted by atomic mass is 16.4. The molecule has 10 atom stereocenters. The van der Waals surface area contributed by atoms with Crippen LogP contribution in [-0.4, -0.2) is 39.0 Å². The van der Waals surface area contributed by atoms with Gasteiger partial charge in [-0.25, -0.2) is 0 Å². The highest BCUT2D eigenvalue weighted by Crippen LogP contribution is 2.69. The van der Waals surface area contributed by atoms with Crippen LogP contribution < -0.4 is 0 Å². The molecule has 7 nitrogen and oxygen atoms in total. The zero-order chi connectivity index (χ0) is 24.3. The van der Waals surface area contributed by atoms with Gasteiger partial charge >= 0.3 is 17.9 Å². The summed E-state index contributed by atoms with van der Waals surface area (Å²) in [7, 11) is 0. The number of rotatable bonds is 6. The molecule has 4 saturated carbocycles. The fraction of sp³-hybridized carbons (Fsp3) is 0.846. The van der Waals surface area contributed by atoms with Gasteiger partial charge in [-0.15, -0.1) is 0 Å². The first-order valence-corrected chi connectivity index (χ1v) is 12.6. The van der Waals surface area contributed by atoms with Gasteiger partial charge in [0.2, 0.25) is 0 Å². The van der Waals surface area contributed by atoms with E-state index in [0.29, 0.717) is 32.1 Å². The molecule has 0 bridgehead atoms. The van der Waals surface area contributed by atoms with E-state index in [4.69, 9.17) is 5.11 Å². The van der Waals surface area contributed by atoms with Gasteiger partial charge in [0.25, 0.3) is 0 Å². The topological polar surface area (TPSA) is 129 Å². The van der Waals surface area contributed by atoms with Crippen molar-refractivity contribution in [1.29, 1.82) is 0 Å².